The molecule has 3 aliphatic rings. The second-order valence-corrected chi connectivity index (χ2v) is 11.6. The van der Waals surface area contributed by atoms with Crippen LogP contribution in [0.4, 0.5) is 0 Å². The average Bonchev–Trinajstić information content (AvgIpc) is 3.38. The van der Waals surface area contributed by atoms with Crippen LogP contribution in [0.15, 0.2) is 36.7 Å². The molecule has 2 saturated carbocycles. The standard InChI is InChI=1S/C28H32N6O4/c1-16(35)26-20-11-19(38-15-24-29-7-4-8-30-24)5-6-21(20)33(32-26)14-25(36)34-22-9-17(22)10-23(34)27(37)31-18-12-28(2,3)13-18/h4-8,11,17-18,22-23H,9-10,12-15H2,1-3H3,(H,31,37)/t17-,22-,23+/m1/s1. The number of rotatable bonds is 8. The van der Waals surface area contributed by atoms with Gasteiger partial charge in [-0.3, -0.25) is 19.1 Å². The molecule has 0 bridgehead atoms. The van der Waals surface area contributed by atoms with Crippen molar-refractivity contribution in [1.82, 2.24) is 30.0 Å². The van der Waals surface area contributed by atoms with Gasteiger partial charge in [-0.25, -0.2) is 9.97 Å². The van der Waals surface area contributed by atoms with E-state index in [4.69, 9.17) is 4.74 Å². The second kappa shape index (κ2) is 9.18. The first-order chi connectivity index (χ1) is 18.2. The van der Waals surface area contributed by atoms with Crippen molar-refractivity contribution in [2.24, 2.45) is 11.3 Å². The summed E-state index contributed by atoms with van der Waals surface area (Å²) in [6.07, 6.45) is 6.87. The molecule has 3 fully saturated rings. The summed E-state index contributed by atoms with van der Waals surface area (Å²) in [4.78, 5) is 49.1. The molecule has 6 rings (SSSR count). The van der Waals surface area contributed by atoms with Crippen LogP contribution >= 0.6 is 0 Å². The Morgan fingerprint density at radius 2 is 1.89 bits per heavy atom. The largest absolute Gasteiger partial charge is 0.486 e. The van der Waals surface area contributed by atoms with Crippen molar-refractivity contribution in [2.75, 3.05) is 0 Å². The molecule has 2 aliphatic carbocycles. The Balaban J connectivity index is 1.19. The van der Waals surface area contributed by atoms with Gasteiger partial charge >= 0.3 is 0 Å². The molecule has 1 N–H and O–H groups in total. The Morgan fingerprint density at radius 3 is 2.61 bits per heavy atom. The molecular formula is C28H32N6O4. The van der Waals surface area contributed by atoms with Gasteiger partial charge in [-0.15, -0.1) is 0 Å². The summed E-state index contributed by atoms with van der Waals surface area (Å²) in [6.45, 7) is 6.01. The molecule has 38 heavy (non-hydrogen) atoms. The van der Waals surface area contributed by atoms with Crippen molar-refractivity contribution in [3.63, 3.8) is 0 Å². The molecule has 0 radical (unpaired) electrons. The van der Waals surface area contributed by atoms with Crippen molar-refractivity contribution in [1.29, 1.82) is 0 Å². The van der Waals surface area contributed by atoms with Gasteiger partial charge in [0.15, 0.2) is 11.6 Å². The molecule has 0 spiro atoms. The summed E-state index contributed by atoms with van der Waals surface area (Å²) in [6, 6.07) is 6.93. The van der Waals surface area contributed by atoms with Crippen molar-refractivity contribution < 1.29 is 19.1 Å². The topological polar surface area (TPSA) is 119 Å². The summed E-state index contributed by atoms with van der Waals surface area (Å²) in [5.74, 6) is 1.09. The number of amides is 2. The second-order valence-electron chi connectivity index (χ2n) is 11.6. The molecule has 1 aliphatic heterocycles. The number of hydrogen-bond acceptors (Lipinski definition) is 7. The van der Waals surface area contributed by atoms with Gasteiger partial charge in [-0.2, -0.15) is 5.10 Å². The Kier molecular flexibility index (Phi) is 5.92. The minimum atomic E-state index is -0.440. The lowest BCUT2D eigenvalue weighted by Crippen LogP contribution is -2.55. The van der Waals surface area contributed by atoms with Crippen LogP contribution in [0.5, 0.6) is 5.75 Å². The molecule has 0 unspecified atom stereocenters. The van der Waals surface area contributed by atoms with E-state index in [0.717, 1.165) is 19.3 Å². The Morgan fingerprint density at radius 1 is 1.13 bits per heavy atom. The highest BCUT2D eigenvalue weighted by Crippen LogP contribution is 2.48. The van der Waals surface area contributed by atoms with Crippen LogP contribution < -0.4 is 10.1 Å². The first-order valence-electron chi connectivity index (χ1n) is 13.2. The highest BCUT2D eigenvalue weighted by Gasteiger charge is 2.56. The third-order valence-electron chi connectivity index (χ3n) is 7.97. The zero-order valence-corrected chi connectivity index (χ0v) is 21.9. The normalized spacial score (nSPS) is 23.6. The minimum Gasteiger partial charge on any atom is -0.486 e. The highest BCUT2D eigenvalue weighted by molar-refractivity contribution is 6.05. The molecule has 2 aromatic heterocycles. The number of fused-ring (bicyclic) bond motifs is 2. The summed E-state index contributed by atoms with van der Waals surface area (Å²) >= 11 is 0. The number of Topliss-reactive ketones (excluding diaryl/α,β-unsaturated/α-hetero) is 1. The molecule has 2 amide bonds. The third kappa shape index (κ3) is 4.63. The van der Waals surface area contributed by atoms with Crippen molar-refractivity contribution in [3.05, 3.63) is 48.2 Å². The summed E-state index contributed by atoms with van der Waals surface area (Å²) in [5, 5.41) is 8.27. The maximum atomic E-state index is 13.5. The van der Waals surface area contributed by atoms with Gasteiger partial charge in [0, 0.05) is 36.8 Å². The number of carbonyl (C=O) groups is 3. The van der Waals surface area contributed by atoms with E-state index in [0.29, 0.717) is 34.8 Å². The summed E-state index contributed by atoms with van der Waals surface area (Å²) in [5.41, 5.74) is 1.21. The minimum absolute atomic E-state index is 0.0364. The van der Waals surface area contributed by atoms with E-state index in [-0.39, 0.29) is 53.9 Å². The van der Waals surface area contributed by atoms with Crippen molar-refractivity contribution in [2.45, 2.75) is 77.7 Å². The monoisotopic (exact) mass is 516 g/mol. The quantitative estimate of drug-likeness (QED) is 0.457. The van der Waals surface area contributed by atoms with Crippen LogP contribution in [0.1, 0.15) is 62.8 Å². The first-order valence-corrected chi connectivity index (χ1v) is 13.2. The van der Waals surface area contributed by atoms with E-state index >= 15 is 0 Å². The number of nitrogens with one attached hydrogen (secondary N) is 1. The van der Waals surface area contributed by atoms with E-state index in [9.17, 15) is 14.4 Å². The van der Waals surface area contributed by atoms with Crippen molar-refractivity contribution >= 4 is 28.5 Å². The molecule has 3 aromatic rings. The van der Waals surface area contributed by atoms with Gasteiger partial charge in [-0.1, -0.05) is 13.8 Å². The maximum absolute atomic E-state index is 13.5. The fraction of sp³-hybridized carbons (Fsp3) is 0.500. The first kappa shape index (κ1) is 24.5. The van der Waals surface area contributed by atoms with E-state index in [1.165, 1.54) is 6.92 Å². The fourth-order valence-electron chi connectivity index (χ4n) is 6.11. The van der Waals surface area contributed by atoms with Crippen LogP contribution in [0.3, 0.4) is 0 Å². The smallest absolute Gasteiger partial charge is 0.245 e. The van der Waals surface area contributed by atoms with Gasteiger partial charge in [0.2, 0.25) is 11.8 Å². The molecular weight excluding hydrogens is 484 g/mol. The van der Waals surface area contributed by atoms with Crippen LogP contribution in [0.25, 0.3) is 10.9 Å². The predicted octanol–water partition coefficient (Wildman–Crippen LogP) is 2.90. The van der Waals surface area contributed by atoms with Crippen molar-refractivity contribution in [3.8, 4) is 5.75 Å². The third-order valence-corrected chi connectivity index (χ3v) is 7.97. The lowest BCUT2D eigenvalue weighted by molar-refractivity contribution is -0.141. The lowest BCUT2D eigenvalue weighted by Gasteiger charge is -2.43. The molecule has 198 valence electrons. The van der Waals surface area contributed by atoms with Crippen LogP contribution in [0.2, 0.25) is 0 Å². The lowest BCUT2D eigenvalue weighted by atomic mass is 9.68. The van der Waals surface area contributed by atoms with E-state index in [2.05, 4.69) is 34.2 Å². The predicted molar refractivity (Wildman–Crippen MR) is 138 cm³/mol. The van der Waals surface area contributed by atoms with E-state index in [1.807, 2.05) is 0 Å². The Bertz CT molecular complexity index is 1410. The molecule has 10 nitrogen and oxygen atoms in total. The number of ether oxygens (including phenoxy) is 1. The van der Waals surface area contributed by atoms with Gasteiger partial charge in [0.25, 0.3) is 0 Å². The number of nitrogens with zero attached hydrogens (tertiary/aromatic N) is 5. The average molecular weight is 517 g/mol. The number of benzene rings is 1. The fourth-order valence-corrected chi connectivity index (χ4v) is 6.11. The Hall–Kier alpha value is -3.82. The van der Waals surface area contributed by atoms with Crippen LogP contribution in [-0.4, -0.2) is 60.4 Å². The van der Waals surface area contributed by atoms with Gasteiger partial charge < -0.3 is 15.0 Å². The van der Waals surface area contributed by atoms with E-state index in [1.54, 1.807) is 46.2 Å². The summed E-state index contributed by atoms with van der Waals surface area (Å²) in [7, 11) is 0. The highest BCUT2D eigenvalue weighted by atomic mass is 16.5. The van der Waals surface area contributed by atoms with Gasteiger partial charge in [0.05, 0.1) is 5.52 Å². The number of likely N-dealkylation sites (tertiary alicyclic amines) is 1. The van der Waals surface area contributed by atoms with Crippen LogP contribution in [0, 0.1) is 11.3 Å². The SMILES string of the molecule is CC(=O)c1nn(CC(=O)N2[C@@H]3C[C@@H]3C[C@H]2C(=O)NC2CC(C)(C)C2)c2ccc(OCc3ncccn3)cc12. The van der Waals surface area contributed by atoms with Crippen LogP contribution in [-0.2, 0) is 22.7 Å². The number of aromatic nitrogens is 4. The Labute approximate surface area is 220 Å². The maximum Gasteiger partial charge on any atom is 0.245 e. The zero-order valence-electron chi connectivity index (χ0n) is 21.9. The number of piperidine rings is 1. The number of hydrogen-bond donors (Lipinski definition) is 1. The summed E-state index contributed by atoms with van der Waals surface area (Å²) < 4.78 is 7.40. The molecule has 1 aromatic carbocycles. The molecule has 10 heteroatoms. The molecule has 3 heterocycles. The number of ketones is 1. The molecule has 3 atom stereocenters. The van der Waals surface area contributed by atoms with Gasteiger partial charge in [0.1, 0.15) is 30.6 Å². The van der Waals surface area contributed by atoms with Gasteiger partial charge in [-0.05, 0) is 61.3 Å². The zero-order chi connectivity index (χ0) is 26.6. The van der Waals surface area contributed by atoms with E-state index < -0.39 is 6.04 Å². The molecule has 1 saturated heterocycles. The number of carbonyl (C=O) groups excluding carboxylic acids is 3.